The summed E-state index contributed by atoms with van der Waals surface area (Å²) in [6.45, 7) is -1.49. The van der Waals surface area contributed by atoms with Gasteiger partial charge in [-0.1, -0.05) is 0 Å². The second-order valence-corrected chi connectivity index (χ2v) is 4.71. The van der Waals surface area contributed by atoms with Crippen molar-refractivity contribution in [1.29, 1.82) is 0 Å². The van der Waals surface area contributed by atoms with Crippen LogP contribution >= 0.6 is 0 Å². The van der Waals surface area contributed by atoms with Crippen molar-refractivity contribution in [2.75, 3.05) is 19.8 Å². The van der Waals surface area contributed by atoms with E-state index in [1.807, 2.05) is 0 Å². The van der Waals surface area contributed by atoms with Crippen LogP contribution in [0.5, 0.6) is 0 Å². The van der Waals surface area contributed by atoms with Gasteiger partial charge in [0.25, 0.3) is 0 Å². The van der Waals surface area contributed by atoms with Gasteiger partial charge in [-0.25, -0.2) is 4.39 Å². The van der Waals surface area contributed by atoms with E-state index in [-0.39, 0.29) is 13.2 Å². The van der Waals surface area contributed by atoms with E-state index in [1.54, 1.807) is 0 Å². The van der Waals surface area contributed by atoms with E-state index >= 15 is 0 Å². The minimum Gasteiger partial charge on any atom is -0.378 e. The first-order valence-corrected chi connectivity index (χ1v) is 5.85. The van der Waals surface area contributed by atoms with E-state index in [1.165, 1.54) is 0 Å². The third-order valence-corrected chi connectivity index (χ3v) is 2.94. The van der Waals surface area contributed by atoms with Crippen molar-refractivity contribution in [2.45, 2.75) is 42.4 Å². The zero-order valence-electron chi connectivity index (χ0n) is 10.9. The molecular weight excluding hydrogens is 361 g/mol. The van der Waals surface area contributed by atoms with Crippen LogP contribution in [-0.2, 0) is 9.47 Å². The first-order valence-electron chi connectivity index (χ1n) is 5.85. The van der Waals surface area contributed by atoms with E-state index in [0.29, 0.717) is 0 Å². The van der Waals surface area contributed by atoms with Crippen molar-refractivity contribution in [3.63, 3.8) is 0 Å². The minimum absolute atomic E-state index is 0.183. The summed E-state index contributed by atoms with van der Waals surface area (Å²) in [6.07, 6.45) is -17.4. The predicted molar refractivity (Wildman–Crippen MR) is 51.0 cm³/mol. The van der Waals surface area contributed by atoms with Gasteiger partial charge in [0.2, 0.25) is 0 Å². The predicted octanol–water partition coefficient (Wildman–Crippen LogP) is 3.90. The number of hydrogen-bond acceptors (Lipinski definition) is 2. The zero-order chi connectivity index (χ0) is 18.3. The minimum atomic E-state index is -7.41. The smallest absolute Gasteiger partial charge is 0.378 e. The van der Waals surface area contributed by atoms with Gasteiger partial charge >= 0.3 is 29.9 Å². The molecule has 0 radical (unpaired) electrons. The summed E-state index contributed by atoms with van der Waals surface area (Å²) in [6, 6.07) is 0. The summed E-state index contributed by atoms with van der Waals surface area (Å²) >= 11 is 0. The van der Waals surface area contributed by atoms with Gasteiger partial charge in [-0.3, -0.25) is 0 Å². The molecule has 1 heterocycles. The second-order valence-electron chi connectivity index (χ2n) is 4.71. The molecular formula is C10H9F11O2. The average Bonchev–Trinajstić information content (AvgIpc) is 3.14. The molecule has 13 heteroatoms. The molecule has 23 heavy (non-hydrogen) atoms. The van der Waals surface area contributed by atoms with Crippen molar-refractivity contribution in [1.82, 2.24) is 0 Å². The van der Waals surface area contributed by atoms with Crippen LogP contribution in [0.15, 0.2) is 0 Å². The van der Waals surface area contributed by atoms with Crippen molar-refractivity contribution >= 4 is 0 Å². The highest BCUT2D eigenvalue weighted by atomic mass is 19.4. The molecule has 138 valence electrons. The number of halogens is 11. The molecule has 1 rings (SSSR count). The SMILES string of the molecule is FC(F)(F)C(F)(C(F)(F)F)C(F)(F)C(F)(F)CCOCC1CO1. The Morgan fingerprint density at radius 1 is 0.826 bits per heavy atom. The molecule has 0 aromatic heterocycles. The first kappa shape index (κ1) is 20.2. The molecule has 0 aromatic carbocycles. The number of alkyl halides is 11. The molecule has 2 nitrogen and oxygen atoms in total. The molecule has 0 N–H and O–H groups in total. The number of ether oxygens (including phenoxy) is 2. The number of hydrogen-bond donors (Lipinski definition) is 0. The second kappa shape index (κ2) is 5.90. The average molecular weight is 370 g/mol. The highest BCUT2D eigenvalue weighted by Crippen LogP contribution is 2.59. The lowest BCUT2D eigenvalue weighted by Gasteiger charge is -2.39. The van der Waals surface area contributed by atoms with Crippen LogP contribution in [0, 0.1) is 0 Å². The third-order valence-electron chi connectivity index (χ3n) is 2.94. The Morgan fingerprint density at radius 2 is 1.26 bits per heavy atom. The van der Waals surface area contributed by atoms with Gasteiger partial charge in [-0.05, 0) is 0 Å². The van der Waals surface area contributed by atoms with Crippen molar-refractivity contribution in [2.24, 2.45) is 0 Å². The normalized spacial score (nSPS) is 20.7. The molecule has 1 aliphatic rings. The maximum absolute atomic E-state index is 13.2. The fraction of sp³-hybridized carbons (Fsp3) is 1.00. The Labute approximate surface area is 121 Å². The van der Waals surface area contributed by atoms with Crippen LogP contribution in [0.25, 0.3) is 0 Å². The topological polar surface area (TPSA) is 21.8 Å². The summed E-state index contributed by atoms with van der Waals surface area (Å²) in [5.74, 6) is -13.0. The van der Waals surface area contributed by atoms with Crippen molar-refractivity contribution in [3.8, 4) is 0 Å². The molecule has 1 unspecified atom stereocenters. The lowest BCUT2D eigenvalue weighted by Crippen LogP contribution is -2.70. The molecule has 1 fully saturated rings. The Kier molecular flexibility index (Phi) is 5.18. The lowest BCUT2D eigenvalue weighted by molar-refractivity contribution is -0.427. The van der Waals surface area contributed by atoms with Gasteiger partial charge in [0, 0.05) is 6.42 Å². The maximum atomic E-state index is 13.2. The Hall–Kier alpha value is -0.850. The van der Waals surface area contributed by atoms with Gasteiger partial charge in [0.1, 0.15) is 6.10 Å². The first-order chi connectivity index (χ1) is 10.1. The monoisotopic (exact) mass is 370 g/mol. The van der Waals surface area contributed by atoms with Crippen LogP contribution in [0.3, 0.4) is 0 Å². The maximum Gasteiger partial charge on any atom is 0.438 e. The van der Waals surface area contributed by atoms with Gasteiger partial charge in [-0.15, -0.1) is 0 Å². The Morgan fingerprint density at radius 3 is 1.61 bits per heavy atom. The van der Waals surface area contributed by atoms with Crippen LogP contribution in [0.1, 0.15) is 6.42 Å². The molecule has 1 saturated heterocycles. The number of rotatable bonds is 7. The molecule has 1 aliphatic heterocycles. The van der Waals surface area contributed by atoms with Crippen LogP contribution in [-0.4, -0.2) is 55.8 Å². The largest absolute Gasteiger partial charge is 0.438 e. The molecule has 0 aliphatic carbocycles. The highest BCUT2D eigenvalue weighted by molar-refractivity contribution is 5.10. The van der Waals surface area contributed by atoms with Gasteiger partial charge in [0.15, 0.2) is 0 Å². The standard InChI is InChI=1S/C10H9F11O2/c11-6(12,1-2-22-3-5-4-23-5)8(14,15)7(13,9(16,17)18)10(19,20)21/h5H,1-4H2. The summed E-state index contributed by atoms with van der Waals surface area (Å²) in [5.41, 5.74) is -7.41. The fourth-order valence-corrected chi connectivity index (χ4v) is 1.51. The molecule has 0 bridgehead atoms. The highest BCUT2D eigenvalue weighted by Gasteiger charge is 2.89. The fourth-order valence-electron chi connectivity index (χ4n) is 1.51. The van der Waals surface area contributed by atoms with Gasteiger partial charge in [0.05, 0.1) is 19.8 Å². The van der Waals surface area contributed by atoms with Gasteiger partial charge in [-0.2, -0.15) is 43.9 Å². The lowest BCUT2D eigenvalue weighted by atomic mass is 9.89. The summed E-state index contributed by atoms with van der Waals surface area (Å²) in [7, 11) is 0. The molecule has 0 aromatic rings. The van der Waals surface area contributed by atoms with Crippen molar-refractivity contribution < 1.29 is 57.8 Å². The van der Waals surface area contributed by atoms with E-state index < -0.39 is 49.0 Å². The summed E-state index contributed by atoms with van der Waals surface area (Å²) < 4.78 is 148. The quantitative estimate of drug-likeness (QED) is 0.385. The van der Waals surface area contributed by atoms with E-state index in [2.05, 4.69) is 9.47 Å². The summed E-state index contributed by atoms with van der Waals surface area (Å²) in [5, 5.41) is 0. The van der Waals surface area contributed by atoms with E-state index in [4.69, 9.17) is 0 Å². The van der Waals surface area contributed by atoms with Gasteiger partial charge < -0.3 is 9.47 Å². The molecule has 0 spiro atoms. The summed E-state index contributed by atoms with van der Waals surface area (Å²) in [4.78, 5) is 0. The van der Waals surface area contributed by atoms with E-state index in [0.717, 1.165) is 0 Å². The zero-order valence-corrected chi connectivity index (χ0v) is 10.9. The van der Waals surface area contributed by atoms with E-state index in [9.17, 15) is 48.3 Å². The van der Waals surface area contributed by atoms with Crippen LogP contribution < -0.4 is 0 Å². The number of epoxide rings is 1. The third kappa shape index (κ3) is 3.64. The molecule has 0 amide bonds. The van der Waals surface area contributed by atoms with Crippen LogP contribution in [0.2, 0.25) is 0 Å². The molecule has 1 atom stereocenters. The Balaban J connectivity index is 2.97. The Bertz CT molecular complexity index is 396. The van der Waals surface area contributed by atoms with Crippen LogP contribution in [0.4, 0.5) is 48.3 Å². The molecule has 0 saturated carbocycles. The van der Waals surface area contributed by atoms with Crippen molar-refractivity contribution in [3.05, 3.63) is 0 Å².